The summed E-state index contributed by atoms with van der Waals surface area (Å²) in [6, 6.07) is 9.20. The standard InChI is InChI=1S/C16H18N4O5/c1-3-24-16(23)17-13(21)9-20-11(2)14(18-19-20)15(22)25-10-12-7-5-4-6-8-12/h4-8H,3,9-10H2,1-2H3,(H,17,21,23). The number of nitrogens with zero attached hydrogens (tertiary/aromatic N) is 3. The lowest BCUT2D eigenvalue weighted by molar-refractivity contribution is -0.121. The van der Waals surface area contributed by atoms with E-state index in [0.29, 0.717) is 5.69 Å². The molecule has 0 saturated heterocycles. The molecule has 9 heteroatoms. The number of nitrogens with one attached hydrogen (secondary N) is 1. The van der Waals surface area contributed by atoms with Crippen LogP contribution in [0.15, 0.2) is 30.3 Å². The zero-order valence-corrected chi connectivity index (χ0v) is 13.9. The van der Waals surface area contributed by atoms with E-state index in [-0.39, 0.29) is 25.5 Å². The summed E-state index contributed by atoms with van der Waals surface area (Å²) in [4.78, 5) is 35.0. The molecule has 9 nitrogen and oxygen atoms in total. The van der Waals surface area contributed by atoms with E-state index in [9.17, 15) is 14.4 Å². The molecular weight excluding hydrogens is 328 g/mol. The summed E-state index contributed by atoms with van der Waals surface area (Å²) >= 11 is 0. The quantitative estimate of drug-likeness (QED) is 0.782. The fourth-order valence-corrected chi connectivity index (χ4v) is 1.95. The van der Waals surface area contributed by atoms with Gasteiger partial charge in [0.25, 0.3) is 5.91 Å². The van der Waals surface area contributed by atoms with Crippen LogP contribution >= 0.6 is 0 Å². The fraction of sp³-hybridized carbons (Fsp3) is 0.312. The Morgan fingerprint density at radius 2 is 1.88 bits per heavy atom. The van der Waals surface area contributed by atoms with E-state index >= 15 is 0 Å². The maximum atomic E-state index is 12.1. The summed E-state index contributed by atoms with van der Waals surface area (Å²) in [5.74, 6) is -1.27. The normalized spacial score (nSPS) is 10.2. The summed E-state index contributed by atoms with van der Waals surface area (Å²) in [5.41, 5.74) is 1.21. The van der Waals surface area contributed by atoms with E-state index in [0.717, 1.165) is 5.56 Å². The third-order valence-electron chi connectivity index (χ3n) is 3.20. The zero-order chi connectivity index (χ0) is 18.2. The van der Waals surface area contributed by atoms with Crippen LogP contribution in [-0.4, -0.2) is 39.6 Å². The Labute approximate surface area is 143 Å². The van der Waals surface area contributed by atoms with Crippen molar-refractivity contribution in [2.75, 3.05) is 6.61 Å². The van der Waals surface area contributed by atoms with E-state index in [1.54, 1.807) is 13.8 Å². The average molecular weight is 346 g/mol. The molecule has 132 valence electrons. The van der Waals surface area contributed by atoms with Crippen molar-refractivity contribution in [2.24, 2.45) is 0 Å². The second-order valence-corrected chi connectivity index (χ2v) is 5.01. The van der Waals surface area contributed by atoms with Crippen molar-refractivity contribution in [1.82, 2.24) is 20.3 Å². The lowest BCUT2D eigenvalue weighted by Gasteiger charge is -2.06. The molecule has 0 aliphatic rings. The number of rotatable bonds is 6. The molecule has 0 fully saturated rings. The second-order valence-electron chi connectivity index (χ2n) is 5.01. The molecule has 25 heavy (non-hydrogen) atoms. The first kappa shape index (κ1) is 18.1. The minimum Gasteiger partial charge on any atom is -0.456 e. The number of carbonyl (C=O) groups is 3. The number of benzene rings is 1. The Morgan fingerprint density at radius 1 is 1.16 bits per heavy atom. The summed E-state index contributed by atoms with van der Waals surface area (Å²) in [6.45, 7) is 3.19. The number of hydrogen-bond donors (Lipinski definition) is 1. The smallest absolute Gasteiger partial charge is 0.413 e. The highest BCUT2D eigenvalue weighted by molar-refractivity contribution is 5.92. The van der Waals surface area contributed by atoms with E-state index < -0.39 is 18.0 Å². The highest BCUT2D eigenvalue weighted by Gasteiger charge is 2.20. The van der Waals surface area contributed by atoms with Gasteiger partial charge in [-0.15, -0.1) is 5.10 Å². The first-order valence-electron chi connectivity index (χ1n) is 7.59. The Bertz CT molecular complexity index is 757. The number of aromatic nitrogens is 3. The average Bonchev–Trinajstić information content (AvgIpc) is 2.94. The summed E-state index contributed by atoms with van der Waals surface area (Å²) in [7, 11) is 0. The molecule has 0 saturated carbocycles. The monoisotopic (exact) mass is 346 g/mol. The van der Waals surface area contributed by atoms with Gasteiger partial charge in [-0.3, -0.25) is 10.1 Å². The topological polar surface area (TPSA) is 112 Å². The minimum absolute atomic E-state index is 0.0138. The van der Waals surface area contributed by atoms with Gasteiger partial charge >= 0.3 is 12.1 Å². The minimum atomic E-state index is -0.840. The summed E-state index contributed by atoms with van der Waals surface area (Å²) in [6.07, 6.45) is -0.840. The Hall–Kier alpha value is -3.23. The molecule has 1 N–H and O–H groups in total. The first-order chi connectivity index (χ1) is 12.0. The lowest BCUT2D eigenvalue weighted by atomic mass is 10.2. The largest absolute Gasteiger partial charge is 0.456 e. The van der Waals surface area contributed by atoms with Gasteiger partial charge < -0.3 is 9.47 Å². The highest BCUT2D eigenvalue weighted by atomic mass is 16.5. The van der Waals surface area contributed by atoms with E-state index in [1.165, 1.54) is 4.68 Å². The number of imide groups is 1. The maximum absolute atomic E-state index is 12.1. The van der Waals surface area contributed by atoms with Gasteiger partial charge in [0.2, 0.25) is 0 Å². The molecule has 2 aromatic rings. The third kappa shape index (κ3) is 5.13. The predicted octanol–water partition coefficient (Wildman–Crippen LogP) is 1.22. The van der Waals surface area contributed by atoms with E-state index in [2.05, 4.69) is 15.0 Å². The maximum Gasteiger partial charge on any atom is 0.413 e. The van der Waals surface area contributed by atoms with Crippen LogP contribution in [-0.2, 0) is 27.4 Å². The molecule has 0 aliphatic heterocycles. The number of ether oxygens (including phenoxy) is 2. The van der Waals surface area contributed by atoms with Crippen LogP contribution < -0.4 is 5.32 Å². The lowest BCUT2D eigenvalue weighted by Crippen LogP contribution is -2.34. The van der Waals surface area contributed by atoms with Crippen molar-refractivity contribution in [1.29, 1.82) is 0 Å². The van der Waals surface area contributed by atoms with Gasteiger partial charge in [-0.05, 0) is 19.4 Å². The van der Waals surface area contributed by atoms with Crippen LogP contribution in [0.25, 0.3) is 0 Å². The van der Waals surface area contributed by atoms with Gasteiger partial charge in [-0.25, -0.2) is 14.3 Å². The fourth-order valence-electron chi connectivity index (χ4n) is 1.95. The van der Waals surface area contributed by atoms with Gasteiger partial charge in [0.05, 0.1) is 12.3 Å². The van der Waals surface area contributed by atoms with E-state index in [1.807, 2.05) is 35.6 Å². The van der Waals surface area contributed by atoms with Crippen LogP contribution in [0, 0.1) is 6.92 Å². The Morgan fingerprint density at radius 3 is 2.56 bits per heavy atom. The first-order valence-corrected chi connectivity index (χ1v) is 7.59. The van der Waals surface area contributed by atoms with Crippen molar-refractivity contribution in [3.8, 4) is 0 Å². The Balaban J connectivity index is 1.94. The van der Waals surface area contributed by atoms with Crippen LogP contribution in [0.1, 0.15) is 28.7 Å². The number of esters is 1. The van der Waals surface area contributed by atoms with E-state index in [4.69, 9.17) is 4.74 Å². The molecule has 2 amide bonds. The molecule has 1 heterocycles. The number of alkyl carbamates (subject to hydrolysis) is 1. The molecule has 0 spiro atoms. The third-order valence-corrected chi connectivity index (χ3v) is 3.20. The molecule has 0 aliphatic carbocycles. The summed E-state index contributed by atoms with van der Waals surface area (Å²) < 4.78 is 11.0. The van der Waals surface area contributed by atoms with Crippen molar-refractivity contribution in [3.05, 3.63) is 47.3 Å². The van der Waals surface area contributed by atoms with Crippen molar-refractivity contribution in [3.63, 3.8) is 0 Å². The van der Waals surface area contributed by atoms with Crippen LogP contribution in [0.5, 0.6) is 0 Å². The number of hydrogen-bond acceptors (Lipinski definition) is 7. The SMILES string of the molecule is CCOC(=O)NC(=O)Cn1nnc(C(=O)OCc2ccccc2)c1C. The van der Waals surface area contributed by atoms with Gasteiger partial charge in [0.1, 0.15) is 13.2 Å². The molecule has 1 aromatic heterocycles. The van der Waals surface area contributed by atoms with Gasteiger partial charge in [0.15, 0.2) is 5.69 Å². The van der Waals surface area contributed by atoms with Crippen molar-refractivity contribution < 1.29 is 23.9 Å². The molecule has 0 atom stereocenters. The second kappa shape index (κ2) is 8.57. The zero-order valence-electron chi connectivity index (χ0n) is 13.9. The van der Waals surface area contributed by atoms with Crippen LogP contribution in [0.4, 0.5) is 4.79 Å². The molecule has 0 radical (unpaired) electrons. The number of amides is 2. The van der Waals surface area contributed by atoms with Crippen LogP contribution in [0.3, 0.4) is 0 Å². The molecule has 2 rings (SSSR count). The highest BCUT2D eigenvalue weighted by Crippen LogP contribution is 2.08. The van der Waals surface area contributed by atoms with Crippen molar-refractivity contribution in [2.45, 2.75) is 27.0 Å². The van der Waals surface area contributed by atoms with Gasteiger partial charge in [0, 0.05) is 0 Å². The molecule has 0 unspecified atom stereocenters. The number of carbonyl (C=O) groups excluding carboxylic acids is 3. The molecular formula is C16H18N4O5. The Kier molecular flexibility index (Phi) is 6.21. The molecule has 0 bridgehead atoms. The van der Waals surface area contributed by atoms with Gasteiger partial charge in [-0.1, -0.05) is 35.5 Å². The van der Waals surface area contributed by atoms with Crippen LogP contribution in [0.2, 0.25) is 0 Å². The van der Waals surface area contributed by atoms with Crippen molar-refractivity contribution >= 4 is 18.0 Å². The summed E-state index contributed by atoms with van der Waals surface area (Å²) in [5, 5.41) is 9.51. The predicted molar refractivity (Wildman–Crippen MR) is 85.5 cm³/mol. The van der Waals surface area contributed by atoms with Gasteiger partial charge in [-0.2, -0.15) is 0 Å². The molecule has 1 aromatic carbocycles.